The summed E-state index contributed by atoms with van der Waals surface area (Å²) in [6.45, 7) is 7.04. The van der Waals surface area contributed by atoms with E-state index in [1.807, 2.05) is 19.0 Å². The molecular formula is C14H27N5O2. The summed E-state index contributed by atoms with van der Waals surface area (Å²) in [5.41, 5.74) is 5.68. The van der Waals surface area contributed by atoms with Gasteiger partial charge in [0, 0.05) is 32.2 Å². The molecule has 0 aromatic carbocycles. The van der Waals surface area contributed by atoms with Crippen molar-refractivity contribution >= 4 is 11.8 Å². The van der Waals surface area contributed by atoms with Crippen LogP contribution in [0.15, 0.2) is 0 Å². The number of likely N-dealkylation sites (N-methyl/N-ethyl adjacent to an activating group) is 1. The number of nitrogens with one attached hydrogen (secondary N) is 3. The fourth-order valence-corrected chi connectivity index (χ4v) is 2.98. The van der Waals surface area contributed by atoms with Crippen molar-refractivity contribution in [1.82, 2.24) is 26.0 Å². The molecule has 2 saturated heterocycles. The Morgan fingerprint density at radius 1 is 1.43 bits per heavy atom. The van der Waals surface area contributed by atoms with Crippen molar-refractivity contribution < 1.29 is 9.59 Å². The van der Waals surface area contributed by atoms with E-state index in [4.69, 9.17) is 0 Å². The molecule has 3 N–H and O–H groups in total. The van der Waals surface area contributed by atoms with E-state index in [-0.39, 0.29) is 29.7 Å². The van der Waals surface area contributed by atoms with Gasteiger partial charge in [-0.05, 0) is 27.9 Å². The minimum absolute atomic E-state index is 0.00329. The molecular weight excluding hydrogens is 270 g/mol. The highest BCUT2D eigenvalue weighted by atomic mass is 16.2. The zero-order chi connectivity index (χ0) is 15.6. The highest BCUT2D eigenvalue weighted by molar-refractivity contribution is 5.85. The summed E-state index contributed by atoms with van der Waals surface area (Å²) in [5.74, 6) is -0.323. The molecule has 7 heteroatoms. The van der Waals surface area contributed by atoms with E-state index in [1.54, 1.807) is 0 Å². The van der Waals surface area contributed by atoms with E-state index in [9.17, 15) is 9.59 Å². The maximum Gasteiger partial charge on any atom is 0.240 e. The first-order valence-electron chi connectivity index (χ1n) is 7.62. The Kier molecular flexibility index (Phi) is 5.18. The molecule has 7 nitrogen and oxygen atoms in total. The lowest BCUT2D eigenvalue weighted by Gasteiger charge is -2.40. The largest absolute Gasteiger partial charge is 0.354 e. The lowest BCUT2D eigenvalue weighted by Crippen LogP contribution is -2.58. The molecule has 0 aromatic rings. The molecule has 120 valence electrons. The monoisotopic (exact) mass is 297 g/mol. The highest BCUT2D eigenvalue weighted by Crippen LogP contribution is 2.27. The molecule has 2 rings (SSSR count). The van der Waals surface area contributed by atoms with E-state index < -0.39 is 0 Å². The number of hydrogen-bond acceptors (Lipinski definition) is 5. The molecule has 2 aliphatic rings. The van der Waals surface area contributed by atoms with E-state index in [1.165, 1.54) is 0 Å². The summed E-state index contributed by atoms with van der Waals surface area (Å²) in [4.78, 5) is 28.6. The van der Waals surface area contributed by atoms with Crippen LogP contribution in [0.25, 0.3) is 0 Å². The molecule has 3 atom stereocenters. The van der Waals surface area contributed by atoms with Gasteiger partial charge in [-0.2, -0.15) is 0 Å². The van der Waals surface area contributed by atoms with Crippen molar-refractivity contribution in [1.29, 1.82) is 0 Å². The highest BCUT2D eigenvalue weighted by Gasteiger charge is 2.47. The third-order valence-corrected chi connectivity index (χ3v) is 4.35. The molecule has 3 unspecified atom stereocenters. The Labute approximate surface area is 126 Å². The van der Waals surface area contributed by atoms with Crippen molar-refractivity contribution in [3.05, 3.63) is 0 Å². The average Bonchev–Trinajstić information content (AvgIpc) is 2.79. The standard InChI is InChI=1S/C14H27N5O2/c1-9(2)19-7-10(13(20)15-5-6-18(3)4)12-11(8-19)14(21)17-16-12/h9-12,16H,5-8H2,1-4H3,(H,15,20)(H,17,21). The van der Waals surface area contributed by atoms with Gasteiger partial charge in [0.25, 0.3) is 0 Å². The summed E-state index contributed by atoms with van der Waals surface area (Å²) in [6.07, 6.45) is 0. The number of piperidine rings is 1. The second-order valence-electron chi connectivity index (χ2n) is 6.51. The zero-order valence-electron chi connectivity index (χ0n) is 13.3. The van der Waals surface area contributed by atoms with Gasteiger partial charge in [0.2, 0.25) is 11.8 Å². The summed E-state index contributed by atoms with van der Waals surface area (Å²) < 4.78 is 0. The van der Waals surface area contributed by atoms with Crippen LogP contribution in [-0.4, -0.2) is 74.0 Å². The predicted octanol–water partition coefficient (Wildman–Crippen LogP) is -1.38. The van der Waals surface area contributed by atoms with Gasteiger partial charge in [-0.1, -0.05) is 0 Å². The molecule has 2 aliphatic heterocycles. The van der Waals surface area contributed by atoms with Gasteiger partial charge >= 0.3 is 0 Å². The molecule has 0 radical (unpaired) electrons. The minimum Gasteiger partial charge on any atom is -0.354 e. The molecule has 2 fully saturated rings. The van der Waals surface area contributed by atoms with Gasteiger partial charge in [-0.25, -0.2) is 5.43 Å². The number of amides is 2. The van der Waals surface area contributed by atoms with Crippen molar-refractivity contribution in [2.45, 2.75) is 25.9 Å². The third-order valence-electron chi connectivity index (χ3n) is 4.35. The van der Waals surface area contributed by atoms with Crippen molar-refractivity contribution in [3.63, 3.8) is 0 Å². The Morgan fingerprint density at radius 2 is 2.14 bits per heavy atom. The topological polar surface area (TPSA) is 76.7 Å². The van der Waals surface area contributed by atoms with Gasteiger partial charge in [0.05, 0.1) is 17.9 Å². The van der Waals surface area contributed by atoms with Crippen LogP contribution in [0.2, 0.25) is 0 Å². The maximum atomic E-state index is 12.5. The third kappa shape index (κ3) is 3.72. The lowest BCUT2D eigenvalue weighted by atomic mass is 9.83. The number of hydrazine groups is 1. The molecule has 0 aromatic heterocycles. The van der Waals surface area contributed by atoms with Crippen molar-refractivity contribution in [2.24, 2.45) is 11.8 Å². The number of likely N-dealkylation sites (tertiary alicyclic amines) is 1. The minimum atomic E-state index is -0.202. The first-order valence-corrected chi connectivity index (χ1v) is 7.62. The maximum absolute atomic E-state index is 12.5. The van der Waals surface area contributed by atoms with Crippen LogP contribution in [0.5, 0.6) is 0 Å². The average molecular weight is 297 g/mol. The number of rotatable bonds is 5. The summed E-state index contributed by atoms with van der Waals surface area (Å²) in [6, 6.07) is 0.225. The fraction of sp³-hybridized carbons (Fsp3) is 0.857. The van der Waals surface area contributed by atoms with E-state index >= 15 is 0 Å². The predicted molar refractivity (Wildman–Crippen MR) is 80.3 cm³/mol. The molecule has 0 saturated carbocycles. The number of hydrogen-bond donors (Lipinski definition) is 3. The normalized spacial score (nSPS) is 29.6. The van der Waals surface area contributed by atoms with Crippen LogP contribution in [0.4, 0.5) is 0 Å². The van der Waals surface area contributed by atoms with Crippen molar-refractivity contribution in [3.8, 4) is 0 Å². The smallest absolute Gasteiger partial charge is 0.240 e. The first-order chi connectivity index (χ1) is 9.90. The van der Waals surface area contributed by atoms with Crippen LogP contribution in [0, 0.1) is 11.8 Å². The summed E-state index contributed by atoms with van der Waals surface area (Å²) >= 11 is 0. The molecule has 0 spiro atoms. The van der Waals surface area contributed by atoms with Gasteiger partial charge in [-0.3, -0.25) is 19.9 Å². The number of carbonyl (C=O) groups excluding carboxylic acids is 2. The van der Waals surface area contributed by atoms with E-state index in [2.05, 4.69) is 34.9 Å². The summed E-state index contributed by atoms with van der Waals surface area (Å²) in [7, 11) is 3.95. The number of fused-ring (bicyclic) bond motifs is 1. The van der Waals surface area contributed by atoms with Crippen molar-refractivity contribution in [2.75, 3.05) is 40.3 Å². The molecule has 2 amide bonds. The Balaban J connectivity index is 2.01. The second-order valence-corrected chi connectivity index (χ2v) is 6.51. The summed E-state index contributed by atoms with van der Waals surface area (Å²) in [5, 5.41) is 2.98. The van der Waals surface area contributed by atoms with Crippen LogP contribution in [-0.2, 0) is 9.59 Å². The van der Waals surface area contributed by atoms with E-state index in [0.29, 0.717) is 25.7 Å². The van der Waals surface area contributed by atoms with Gasteiger partial charge < -0.3 is 10.2 Å². The molecule has 21 heavy (non-hydrogen) atoms. The zero-order valence-corrected chi connectivity index (χ0v) is 13.3. The SMILES string of the molecule is CC(C)N1CC(C(=O)NCCN(C)C)C2NNC(=O)C2C1. The Morgan fingerprint density at radius 3 is 2.76 bits per heavy atom. The van der Waals surface area contributed by atoms with Crippen LogP contribution in [0.3, 0.4) is 0 Å². The fourth-order valence-electron chi connectivity index (χ4n) is 2.98. The van der Waals surface area contributed by atoms with Gasteiger partial charge in [-0.15, -0.1) is 0 Å². The van der Waals surface area contributed by atoms with Gasteiger partial charge in [0.1, 0.15) is 0 Å². The molecule has 2 heterocycles. The van der Waals surface area contributed by atoms with Crippen LogP contribution >= 0.6 is 0 Å². The first kappa shape index (κ1) is 16.2. The second kappa shape index (κ2) is 6.72. The number of nitrogens with zero attached hydrogens (tertiary/aromatic N) is 2. The van der Waals surface area contributed by atoms with E-state index in [0.717, 1.165) is 6.54 Å². The Hall–Kier alpha value is -1.18. The lowest BCUT2D eigenvalue weighted by molar-refractivity contribution is -0.130. The Bertz CT molecular complexity index is 399. The molecule has 0 aliphatic carbocycles. The molecule has 0 bridgehead atoms. The quantitative estimate of drug-likeness (QED) is 0.583. The van der Waals surface area contributed by atoms with Gasteiger partial charge in [0.15, 0.2) is 0 Å². The number of carbonyl (C=O) groups is 2. The van der Waals surface area contributed by atoms with Crippen LogP contribution in [0.1, 0.15) is 13.8 Å². The van der Waals surface area contributed by atoms with Crippen LogP contribution < -0.4 is 16.2 Å².